The topological polar surface area (TPSA) is 233 Å². The van der Waals surface area contributed by atoms with Gasteiger partial charge < -0.3 is 47.5 Å². The number of rotatable bonds is 15. The first-order chi connectivity index (χ1) is 15.4. The number of carbonyl (C=O) groups is 1. The number of aliphatic hydroxyl groups is 7. The number of unbranched alkanes of at least 4 members (excludes halogenated alkanes) is 9. The molecule has 0 aliphatic carbocycles. The van der Waals surface area contributed by atoms with Crippen molar-refractivity contribution in [3.63, 3.8) is 0 Å². The molecule has 34 heavy (non-hydrogen) atoms. The van der Waals surface area contributed by atoms with Gasteiger partial charge in [-0.15, -0.1) is 0 Å². The predicted molar refractivity (Wildman–Crippen MR) is 123 cm³/mol. The molecule has 0 aliphatic rings. The number of aldehydes is 1. The molecule has 0 amide bonds. The molecule has 0 heterocycles. The first kappa shape index (κ1) is 44.3. The Morgan fingerprint density at radius 2 is 1.12 bits per heavy atom. The van der Waals surface area contributed by atoms with Crippen LogP contribution in [0.3, 0.4) is 0 Å². The van der Waals surface area contributed by atoms with Crippen LogP contribution < -0.4 is 29.6 Å². The van der Waals surface area contributed by atoms with Crippen LogP contribution in [0.4, 0.5) is 0 Å². The fourth-order valence-electron chi connectivity index (χ4n) is 2.11. The van der Waals surface area contributed by atoms with Crippen molar-refractivity contribution in [2.45, 2.75) is 95.5 Å². The van der Waals surface area contributed by atoms with E-state index in [4.69, 9.17) is 53.3 Å². The van der Waals surface area contributed by atoms with Crippen molar-refractivity contribution in [2.75, 3.05) is 19.8 Å². The van der Waals surface area contributed by atoms with Gasteiger partial charge in [-0.2, -0.15) is 14.8 Å². The maximum absolute atomic E-state index is 9.90. The molecule has 0 aromatic heterocycles. The van der Waals surface area contributed by atoms with Crippen LogP contribution >= 0.6 is 0 Å². The molecule has 0 radical (unpaired) electrons. The molecule has 0 saturated heterocycles. The number of carbonyl (C=O) groups excluding carboxylic acids is 1. The fourth-order valence-corrected chi connectivity index (χ4v) is 2.11. The van der Waals surface area contributed by atoms with Gasteiger partial charge in [0.15, 0.2) is 6.29 Å². The molecule has 0 rings (SSSR count). The molecule has 0 fully saturated rings. The van der Waals surface area contributed by atoms with E-state index in [0.29, 0.717) is 0 Å². The van der Waals surface area contributed by atoms with Gasteiger partial charge in [0.05, 0.1) is 19.8 Å². The molecule has 0 bridgehead atoms. The third-order valence-electron chi connectivity index (χ3n) is 3.87. The van der Waals surface area contributed by atoms with Gasteiger partial charge in [-0.1, -0.05) is 64.7 Å². The Hall–Kier alpha value is 0.260. The maximum atomic E-state index is 9.90. The summed E-state index contributed by atoms with van der Waals surface area (Å²) in [5.74, 6) is 0. The van der Waals surface area contributed by atoms with Gasteiger partial charge in [0.2, 0.25) is 0 Å². The molecule has 0 saturated carbocycles. The van der Waals surface area contributed by atoms with E-state index < -0.39 is 41.4 Å². The molecule has 12 nitrogen and oxygen atoms in total. The van der Waals surface area contributed by atoms with Crippen molar-refractivity contribution in [3.8, 4) is 0 Å². The van der Waals surface area contributed by atoms with Crippen LogP contribution in [0.5, 0.6) is 0 Å². The summed E-state index contributed by atoms with van der Waals surface area (Å²) in [4.78, 5) is 9.90. The maximum Gasteiger partial charge on any atom is 1.00 e. The van der Waals surface area contributed by atoms with E-state index in [1.807, 2.05) is 0 Å². The minimum atomic E-state index is -4.67. The Morgan fingerprint density at radius 1 is 0.765 bits per heavy atom. The number of hydrogen-bond acceptors (Lipinski definition) is 10. The van der Waals surface area contributed by atoms with Gasteiger partial charge in [0.1, 0.15) is 24.4 Å². The van der Waals surface area contributed by atoms with Gasteiger partial charge in [0.25, 0.3) is 0 Å². The molecule has 0 aliphatic heterocycles. The van der Waals surface area contributed by atoms with Crippen molar-refractivity contribution in [3.05, 3.63) is 6.92 Å². The largest absolute Gasteiger partial charge is 1.00 e. The van der Waals surface area contributed by atoms with Crippen LogP contribution in [0.15, 0.2) is 0 Å². The van der Waals surface area contributed by atoms with Crippen LogP contribution in [0.1, 0.15) is 71.1 Å². The second-order valence-corrected chi connectivity index (χ2v) is 7.83. The Morgan fingerprint density at radius 3 is 1.38 bits per heavy atom. The first-order valence-electron chi connectivity index (χ1n) is 10.9. The summed E-state index contributed by atoms with van der Waals surface area (Å²) in [7, 11) is -4.67. The Balaban J connectivity index is -0.000000120. The molecular formula is C20H45NaO12S. The van der Waals surface area contributed by atoms with E-state index >= 15 is 0 Å². The molecule has 0 aromatic carbocycles. The minimum absolute atomic E-state index is 0. The van der Waals surface area contributed by atoms with Crippen molar-refractivity contribution < 1.29 is 87.6 Å². The van der Waals surface area contributed by atoms with Crippen LogP contribution in [-0.2, 0) is 15.2 Å². The summed E-state index contributed by atoms with van der Waals surface area (Å²) < 4.78 is 31.6. The molecule has 0 aromatic rings. The standard InChI is InChI=1S/C12H25.C6H12O6.C2H6O2.Na.H2O4S/c1-3-5-7-9-11-12-10-8-6-4-2;7-1-3(9)5(11)6(12)4(10)2-8;3-1-2-4;;1-5(2,3)4/h1,3-12H2,2H3;1,3-6,8-12H,2H2;3-4H,1-2H2;;(H2,1,2,3,4)/q-1;;;+1;/t;3-,4+,5+,6+;;;/m.0.../s1. The monoisotopic (exact) mass is 532 g/mol. The zero-order valence-corrected chi connectivity index (χ0v) is 23.3. The van der Waals surface area contributed by atoms with Crippen molar-refractivity contribution in [2.24, 2.45) is 0 Å². The van der Waals surface area contributed by atoms with Crippen molar-refractivity contribution in [1.29, 1.82) is 0 Å². The Bertz CT molecular complexity index is 462. The van der Waals surface area contributed by atoms with E-state index in [-0.39, 0.29) is 49.1 Å². The number of aliphatic hydroxyl groups excluding tert-OH is 7. The molecule has 9 N–H and O–H groups in total. The van der Waals surface area contributed by atoms with E-state index in [1.54, 1.807) is 0 Å². The summed E-state index contributed by atoms with van der Waals surface area (Å²) in [6, 6.07) is 0. The molecule has 0 unspecified atom stereocenters. The van der Waals surface area contributed by atoms with E-state index in [0.717, 1.165) is 6.42 Å². The molecule has 204 valence electrons. The van der Waals surface area contributed by atoms with Gasteiger partial charge >= 0.3 is 40.0 Å². The second kappa shape index (κ2) is 33.3. The third kappa shape index (κ3) is 45.7. The molecule has 4 atom stereocenters. The first-order valence-corrected chi connectivity index (χ1v) is 12.3. The van der Waals surface area contributed by atoms with Gasteiger partial charge in [-0.25, -0.2) is 0 Å². The third-order valence-corrected chi connectivity index (χ3v) is 3.87. The fraction of sp³-hybridized carbons (Fsp3) is 0.900. The van der Waals surface area contributed by atoms with Crippen LogP contribution in [0.25, 0.3) is 0 Å². The van der Waals surface area contributed by atoms with Crippen LogP contribution in [-0.4, -0.2) is 104 Å². The van der Waals surface area contributed by atoms with Crippen LogP contribution in [0, 0.1) is 6.92 Å². The summed E-state index contributed by atoms with van der Waals surface area (Å²) >= 11 is 0. The summed E-state index contributed by atoms with van der Waals surface area (Å²) in [6.07, 6.45) is 7.04. The normalized spacial score (nSPS) is 13.7. The summed E-state index contributed by atoms with van der Waals surface area (Å²) in [5.41, 5.74) is 0. The van der Waals surface area contributed by atoms with Crippen LogP contribution in [0.2, 0.25) is 0 Å². The molecule has 14 heteroatoms. The zero-order valence-electron chi connectivity index (χ0n) is 20.4. The summed E-state index contributed by atoms with van der Waals surface area (Å²) in [5, 5.41) is 58.8. The predicted octanol–water partition coefficient (Wildman–Crippen LogP) is -3.32. The van der Waals surface area contributed by atoms with Gasteiger partial charge in [0, 0.05) is 0 Å². The summed E-state index contributed by atoms with van der Waals surface area (Å²) in [6.45, 7) is 5.11. The smallest absolute Gasteiger partial charge is 0.394 e. The molecular weight excluding hydrogens is 487 g/mol. The Kier molecular flexibility index (Phi) is 43.3. The van der Waals surface area contributed by atoms with Gasteiger partial charge in [-0.05, 0) is 0 Å². The van der Waals surface area contributed by atoms with Crippen molar-refractivity contribution in [1.82, 2.24) is 0 Å². The average molecular weight is 533 g/mol. The van der Waals surface area contributed by atoms with E-state index in [2.05, 4.69) is 13.8 Å². The Labute approximate surface area is 225 Å². The van der Waals surface area contributed by atoms with Gasteiger partial charge in [-0.3, -0.25) is 9.11 Å². The average Bonchev–Trinajstić information content (AvgIpc) is 2.78. The zero-order chi connectivity index (χ0) is 26.7. The van der Waals surface area contributed by atoms with Crippen molar-refractivity contribution >= 4 is 16.7 Å². The van der Waals surface area contributed by atoms with E-state index in [1.165, 1.54) is 57.8 Å². The molecule has 0 spiro atoms. The SMILES string of the molecule is O=C[C@H](O)[C@@H](O)[C@H](O)[C@H](O)CO.O=S(=O)(O)O.OCCO.[CH2-]CCCCCCCCCCC.[Na+]. The minimum Gasteiger partial charge on any atom is -0.394 e. The quantitative estimate of drug-likeness (QED) is 0.0331. The second-order valence-electron chi connectivity index (χ2n) is 6.93. The van der Waals surface area contributed by atoms with E-state index in [9.17, 15) is 4.79 Å². The number of hydrogen-bond donors (Lipinski definition) is 9.